The molecule has 0 aliphatic rings. The van der Waals surface area contributed by atoms with Crippen molar-refractivity contribution in [3.05, 3.63) is 72.8 Å². The van der Waals surface area contributed by atoms with Gasteiger partial charge >= 0.3 is 5.51 Å². The number of unbranched alkanes of at least 4 members (excludes halogenated alkanes) is 39. The van der Waals surface area contributed by atoms with Crippen LogP contribution in [0.15, 0.2) is 87.5 Å². The molecule has 0 unspecified atom stereocenters. The van der Waals surface area contributed by atoms with E-state index in [1.807, 2.05) is 0 Å². The van der Waals surface area contributed by atoms with Gasteiger partial charge in [-0.1, -0.05) is 271 Å². The molecule has 0 fully saturated rings. The van der Waals surface area contributed by atoms with Crippen LogP contribution >= 0.6 is 0 Å². The molecule has 78 heavy (non-hydrogen) atoms. The maximum Gasteiger partial charge on any atom is 0.485 e. The first-order valence-electron chi connectivity index (χ1n) is 31.9. The predicted molar refractivity (Wildman–Crippen MR) is 325 cm³/mol. The number of hydrogen-bond donors (Lipinski definition) is 0. The predicted octanol–water partition coefficient (Wildman–Crippen LogP) is 22.4. The van der Waals surface area contributed by atoms with E-state index >= 15 is 0 Å². The van der Waals surface area contributed by atoms with Gasteiger partial charge < -0.3 is 18.8 Å². The maximum atomic E-state index is 10.7. The molecule has 3 aromatic carbocycles. The van der Waals surface area contributed by atoms with Crippen molar-refractivity contribution in [3.8, 4) is 17.2 Å². The normalized spacial score (nSPS) is 11.7. The van der Waals surface area contributed by atoms with Gasteiger partial charge in [0.05, 0.1) is 30.7 Å². The summed E-state index contributed by atoms with van der Waals surface area (Å²) in [5.74, 6) is 2.92. The Morgan fingerprint density at radius 2 is 0.474 bits per heavy atom. The van der Waals surface area contributed by atoms with E-state index in [2.05, 4.69) is 93.6 Å². The second-order valence-corrected chi connectivity index (χ2v) is 25.4. The van der Waals surface area contributed by atoms with Crippen molar-refractivity contribution in [2.24, 2.45) is 0 Å². The van der Waals surface area contributed by atoms with Crippen molar-refractivity contribution in [2.75, 3.05) is 19.8 Å². The third kappa shape index (κ3) is 38.7. The fourth-order valence-corrected chi connectivity index (χ4v) is 11.9. The van der Waals surface area contributed by atoms with E-state index in [9.17, 15) is 13.2 Å². The van der Waals surface area contributed by atoms with Crippen LogP contribution in [0.3, 0.4) is 0 Å². The van der Waals surface area contributed by atoms with Gasteiger partial charge in [0.1, 0.15) is 17.2 Å². The lowest BCUT2D eigenvalue weighted by Gasteiger charge is -2.12. The molecule has 0 atom stereocenters. The molecule has 3 rings (SSSR count). The number of benzene rings is 3. The third-order valence-corrected chi connectivity index (χ3v) is 17.6. The smallest absolute Gasteiger partial charge is 0.485 e. The van der Waals surface area contributed by atoms with Crippen molar-refractivity contribution < 1.29 is 40.4 Å². The van der Waals surface area contributed by atoms with E-state index in [1.54, 1.807) is 0 Å². The number of alkyl halides is 3. The minimum atomic E-state index is -6.09. The molecule has 6 nitrogen and oxygen atoms in total. The molecular formula is C67H111F3O6S2. The molecule has 448 valence electrons. The molecule has 0 radical (unpaired) electrons. The van der Waals surface area contributed by atoms with Crippen molar-refractivity contribution >= 4 is 21.0 Å². The minimum Gasteiger partial charge on any atom is -0.741 e. The largest absolute Gasteiger partial charge is 0.741 e. The highest BCUT2D eigenvalue weighted by molar-refractivity contribution is 7.97. The first kappa shape index (κ1) is 71.2. The van der Waals surface area contributed by atoms with Crippen LogP contribution in [0.1, 0.15) is 290 Å². The zero-order chi connectivity index (χ0) is 56.5. The van der Waals surface area contributed by atoms with Crippen molar-refractivity contribution in [1.82, 2.24) is 0 Å². The Labute approximate surface area is 479 Å². The van der Waals surface area contributed by atoms with E-state index in [-0.39, 0.29) is 10.9 Å². The van der Waals surface area contributed by atoms with E-state index in [4.69, 9.17) is 27.2 Å². The standard InChI is InChI=1S/C66H111O3S.CHF3O3S/c1-4-7-10-13-16-19-22-25-28-31-34-37-40-43-58-67-61-46-52-64(53-47-61)70(65-54-48-62(49-55-65)68-59-44-41-38-35-32-29-26-23-20-17-14-11-8-5-2)66-56-50-63(51-57-66)69-60-45-42-39-36-33-30-27-24-21-18-15-12-9-6-3;2-1(3,4)8(5,6)7/h46-57H,4-45,58-60H2,1-3H3;(H,5,6,7)/q+1;/p-1. The van der Waals surface area contributed by atoms with Gasteiger partial charge in [-0.15, -0.1) is 0 Å². The molecule has 0 saturated heterocycles. The van der Waals surface area contributed by atoms with Gasteiger partial charge in [-0.25, -0.2) is 8.42 Å². The van der Waals surface area contributed by atoms with Crippen LogP contribution in [-0.2, 0) is 21.0 Å². The summed E-state index contributed by atoms with van der Waals surface area (Å²) in [5, 5.41) is 0. The molecular weight excluding hydrogens is 1020 g/mol. The molecule has 0 saturated carbocycles. The van der Waals surface area contributed by atoms with Crippen molar-refractivity contribution in [1.29, 1.82) is 0 Å². The van der Waals surface area contributed by atoms with Gasteiger partial charge in [0, 0.05) is 0 Å². The fourth-order valence-electron chi connectivity index (χ4n) is 9.88. The van der Waals surface area contributed by atoms with Crippen LogP contribution in [-0.4, -0.2) is 38.3 Å². The minimum absolute atomic E-state index is 0.258. The van der Waals surface area contributed by atoms with Gasteiger partial charge in [0.15, 0.2) is 24.8 Å². The molecule has 11 heteroatoms. The Hall–Kier alpha value is -2.89. The topological polar surface area (TPSA) is 84.9 Å². The number of ether oxygens (including phenoxy) is 3. The monoisotopic (exact) mass is 1130 g/mol. The summed E-state index contributed by atoms with van der Waals surface area (Å²) in [7, 11) is -6.35. The Morgan fingerprint density at radius 3 is 0.628 bits per heavy atom. The van der Waals surface area contributed by atoms with E-state index in [1.165, 1.54) is 265 Å². The summed E-state index contributed by atoms with van der Waals surface area (Å²) < 4.78 is 77.7. The molecule has 0 bridgehead atoms. The lowest BCUT2D eigenvalue weighted by Crippen LogP contribution is -2.21. The Kier molecular flexibility index (Phi) is 44.5. The summed E-state index contributed by atoms with van der Waals surface area (Å²) in [5.41, 5.74) is -5.65. The third-order valence-electron chi connectivity index (χ3n) is 14.8. The average molecular weight is 1130 g/mol. The number of rotatable bonds is 51. The van der Waals surface area contributed by atoms with Crippen LogP contribution < -0.4 is 14.2 Å². The van der Waals surface area contributed by atoms with Gasteiger partial charge in [0.25, 0.3) is 0 Å². The van der Waals surface area contributed by atoms with Crippen LogP contribution in [0.5, 0.6) is 17.2 Å². The van der Waals surface area contributed by atoms with Crippen LogP contribution in [0, 0.1) is 0 Å². The Bertz CT molecular complexity index is 1690. The van der Waals surface area contributed by atoms with Crippen molar-refractivity contribution in [3.63, 3.8) is 0 Å². The first-order chi connectivity index (χ1) is 38.0. The molecule has 0 amide bonds. The maximum absolute atomic E-state index is 10.7. The van der Waals surface area contributed by atoms with Crippen LogP contribution in [0.4, 0.5) is 13.2 Å². The van der Waals surface area contributed by atoms with Gasteiger partial charge in [0.2, 0.25) is 0 Å². The molecule has 0 aromatic heterocycles. The SMILES string of the molecule is CCCCCCCCCCCCCCCCOc1ccc([S+](c2ccc(OCCCCCCCCCCCCCCCC)cc2)c2ccc(OCCCCCCCCCCCCCCCC)cc2)cc1.O=S(=O)([O-])C(F)(F)F. The zero-order valence-electron chi connectivity index (χ0n) is 49.6. The molecule has 0 aliphatic heterocycles. The van der Waals surface area contributed by atoms with Gasteiger partial charge in [-0.05, 0) is 92.1 Å². The number of hydrogen-bond acceptors (Lipinski definition) is 6. The van der Waals surface area contributed by atoms with Crippen LogP contribution in [0.25, 0.3) is 0 Å². The highest BCUT2D eigenvalue weighted by atomic mass is 32.2. The lowest BCUT2D eigenvalue weighted by molar-refractivity contribution is -0.0517. The highest BCUT2D eigenvalue weighted by Gasteiger charge is 2.37. The molecule has 0 N–H and O–H groups in total. The van der Waals surface area contributed by atoms with Crippen molar-refractivity contribution in [2.45, 2.75) is 311 Å². The number of halogens is 3. The summed E-state index contributed by atoms with van der Waals surface area (Å²) in [6.45, 7) is 9.29. The van der Waals surface area contributed by atoms with Gasteiger partial charge in [-0.2, -0.15) is 13.2 Å². The molecule has 0 aliphatic carbocycles. The zero-order valence-corrected chi connectivity index (χ0v) is 51.3. The summed E-state index contributed by atoms with van der Waals surface area (Å²) in [4.78, 5) is 3.91. The molecule has 0 spiro atoms. The Balaban J connectivity index is 0.00000240. The second kappa shape index (κ2) is 48.8. The lowest BCUT2D eigenvalue weighted by atomic mass is 10.0. The molecule has 0 heterocycles. The van der Waals surface area contributed by atoms with E-state index in [0.29, 0.717) is 0 Å². The summed E-state index contributed by atoms with van der Waals surface area (Å²) in [6, 6.07) is 26.8. The van der Waals surface area contributed by atoms with E-state index in [0.717, 1.165) is 56.3 Å². The fraction of sp³-hybridized carbons (Fsp3) is 0.731. The average Bonchev–Trinajstić information content (AvgIpc) is 3.45. The Morgan fingerprint density at radius 1 is 0.321 bits per heavy atom. The second-order valence-electron chi connectivity index (χ2n) is 22.0. The van der Waals surface area contributed by atoms with Crippen LogP contribution in [0.2, 0.25) is 0 Å². The summed E-state index contributed by atoms with van der Waals surface area (Å²) >= 11 is 0. The first-order valence-corrected chi connectivity index (χ1v) is 34.6. The highest BCUT2D eigenvalue weighted by Crippen LogP contribution is 2.34. The quantitative estimate of drug-likeness (QED) is 0.0242. The molecule has 3 aromatic rings. The summed E-state index contributed by atoms with van der Waals surface area (Å²) in [6.07, 6.45) is 57.8. The van der Waals surface area contributed by atoms with E-state index < -0.39 is 15.6 Å². The van der Waals surface area contributed by atoms with Gasteiger partial charge in [-0.3, -0.25) is 0 Å².